The second kappa shape index (κ2) is 6.42. The zero-order valence-corrected chi connectivity index (χ0v) is 12.1. The Labute approximate surface area is 108 Å². The first-order valence-corrected chi connectivity index (χ1v) is 6.87. The number of rotatable bonds is 6. The van der Waals surface area contributed by atoms with Crippen LogP contribution in [0.4, 0.5) is 0 Å². The van der Waals surface area contributed by atoms with Gasteiger partial charge >= 0.3 is 0 Å². The molecule has 5 heteroatoms. The van der Waals surface area contributed by atoms with Crippen molar-refractivity contribution in [2.24, 2.45) is 7.05 Å². The van der Waals surface area contributed by atoms with Gasteiger partial charge in [-0.15, -0.1) is 11.8 Å². The van der Waals surface area contributed by atoms with Crippen molar-refractivity contribution in [1.29, 1.82) is 0 Å². The van der Waals surface area contributed by atoms with E-state index in [2.05, 4.69) is 24.3 Å². The van der Waals surface area contributed by atoms with Crippen LogP contribution in [0, 0.1) is 6.92 Å². The second-order valence-corrected chi connectivity index (χ2v) is 6.07. The fourth-order valence-electron chi connectivity index (χ4n) is 1.57. The molecule has 1 aromatic rings. The highest BCUT2D eigenvalue weighted by molar-refractivity contribution is 7.99. The minimum Gasteiger partial charge on any atom is -0.395 e. The van der Waals surface area contributed by atoms with Crippen LogP contribution in [-0.2, 0) is 13.6 Å². The topological polar surface area (TPSA) is 50.1 Å². The average molecular weight is 257 g/mol. The number of hydrogen-bond acceptors (Lipinski definition) is 4. The Morgan fingerprint density at radius 2 is 2.06 bits per heavy atom. The molecule has 0 bridgehead atoms. The van der Waals surface area contributed by atoms with Gasteiger partial charge in [-0.3, -0.25) is 4.68 Å². The third-order valence-corrected chi connectivity index (χ3v) is 3.83. The molecule has 0 saturated carbocycles. The molecule has 1 rings (SSSR count). The molecule has 98 valence electrons. The molecule has 1 atom stereocenters. The number of nitrogens with zero attached hydrogens (tertiary/aromatic N) is 2. The molecule has 1 unspecified atom stereocenters. The number of thioether (sulfide) groups is 1. The number of aromatic nitrogens is 2. The first-order valence-electron chi connectivity index (χ1n) is 5.99. The van der Waals surface area contributed by atoms with Crippen molar-refractivity contribution in [3.63, 3.8) is 0 Å². The van der Waals surface area contributed by atoms with Crippen molar-refractivity contribution >= 4 is 11.8 Å². The maximum atomic E-state index is 9.14. The quantitative estimate of drug-likeness (QED) is 0.762. The molecule has 0 fully saturated rings. The highest BCUT2D eigenvalue weighted by atomic mass is 32.2. The van der Waals surface area contributed by atoms with Gasteiger partial charge in [-0.05, 0) is 6.92 Å². The zero-order valence-electron chi connectivity index (χ0n) is 11.3. The van der Waals surface area contributed by atoms with E-state index in [0.29, 0.717) is 6.04 Å². The summed E-state index contributed by atoms with van der Waals surface area (Å²) in [4.78, 5) is 0. The number of nitrogens with one attached hydrogen (secondary N) is 1. The monoisotopic (exact) mass is 257 g/mol. The Bertz CT molecular complexity index is 363. The van der Waals surface area contributed by atoms with E-state index in [9.17, 15) is 0 Å². The van der Waals surface area contributed by atoms with E-state index in [1.54, 1.807) is 11.8 Å². The van der Waals surface area contributed by atoms with Crippen molar-refractivity contribution < 1.29 is 5.11 Å². The lowest BCUT2D eigenvalue weighted by molar-refractivity contribution is 0.300. The van der Waals surface area contributed by atoms with Crippen LogP contribution in [0.3, 0.4) is 0 Å². The molecule has 0 aliphatic heterocycles. The van der Waals surface area contributed by atoms with Gasteiger partial charge in [-0.1, -0.05) is 20.8 Å². The summed E-state index contributed by atoms with van der Waals surface area (Å²) in [6.07, 6.45) is 0. The van der Waals surface area contributed by atoms with Crippen molar-refractivity contribution in [3.8, 4) is 0 Å². The van der Waals surface area contributed by atoms with Crippen molar-refractivity contribution in [2.45, 2.75) is 50.6 Å². The van der Waals surface area contributed by atoms with Gasteiger partial charge in [0.15, 0.2) is 0 Å². The minimum atomic E-state index is 0.186. The Hall–Kier alpha value is -0.520. The summed E-state index contributed by atoms with van der Waals surface area (Å²) in [5.41, 5.74) is 2.31. The third kappa shape index (κ3) is 4.01. The fourth-order valence-corrected chi connectivity index (χ4v) is 2.58. The van der Waals surface area contributed by atoms with Crippen LogP contribution in [0.2, 0.25) is 0 Å². The first kappa shape index (κ1) is 14.5. The molecule has 0 aliphatic carbocycles. The van der Waals surface area contributed by atoms with E-state index in [4.69, 9.17) is 5.11 Å². The molecule has 17 heavy (non-hydrogen) atoms. The summed E-state index contributed by atoms with van der Waals surface area (Å²) in [7, 11) is 1.96. The van der Waals surface area contributed by atoms with E-state index in [1.165, 1.54) is 5.56 Å². The van der Waals surface area contributed by atoms with Crippen molar-refractivity contribution in [3.05, 3.63) is 11.3 Å². The van der Waals surface area contributed by atoms with Gasteiger partial charge in [0.25, 0.3) is 0 Å². The van der Waals surface area contributed by atoms with Gasteiger partial charge in [-0.25, -0.2) is 0 Å². The van der Waals surface area contributed by atoms with Gasteiger partial charge in [0.05, 0.1) is 17.3 Å². The molecular formula is C12H23N3OS. The van der Waals surface area contributed by atoms with Gasteiger partial charge in [0, 0.05) is 30.4 Å². The Morgan fingerprint density at radius 3 is 2.59 bits per heavy atom. The third-order valence-electron chi connectivity index (χ3n) is 2.55. The van der Waals surface area contributed by atoms with Gasteiger partial charge in [-0.2, -0.15) is 5.10 Å². The molecule has 0 radical (unpaired) electrons. The van der Waals surface area contributed by atoms with Crippen LogP contribution in [0.1, 0.15) is 32.0 Å². The number of aliphatic hydroxyl groups excluding tert-OH is 1. The maximum Gasteiger partial charge on any atom is 0.0987 e. The summed E-state index contributed by atoms with van der Waals surface area (Å²) in [5, 5.41) is 18.4. The predicted octanol–water partition coefficient (Wildman–Crippen LogP) is 1.70. The standard InChI is InChI=1S/C12H23N3OS/c1-8(2)13-6-11-10(4)14-15(5)12(11)17-9(3)7-16/h8-9,13,16H,6-7H2,1-5H3. The Kier molecular flexibility index (Phi) is 5.49. The Morgan fingerprint density at radius 1 is 1.41 bits per heavy atom. The van der Waals surface area contributed by atoms with Crippen LogP contribution in [-0.4, -0.2) is 32.8 Å². The highest BCUT2D eigenvalue weighted by Gasteiger charge is 2.16. The zero-order chi connectivity index (χ0) is 13.0. The predicted molar refractivity (Wildman–Crippen MR) is 72.3 cm³/mol. The fraction of sp³-hybridized carbons (Fsp3) is 0.750. The maximum absolute atomic E-state index is 9.14. The molecule has 1 heterocycles. The van der Waals surface area contributed by atoms with E-state index >= 15 is 0 Å². The highest BCUT2D eigenvalue weighted by Crippen LogP contribution is 2.28. The molecule has 0 aliphatic rings. The van der Waals surface area contributed by atoms with E-state index < -0.39 is 0 Å². The summed E-state index contributed by atoms with van der Waals surface area (Å²) in [5.74, 6) is 0. The van der Waals surface area contributed by atoms with E-state index in [1.807, 2.05) is 25.6 Å². The van der Waals surface area contributed by atoms with Crippen molar-refractivity contribution in [1.82, 2.24) is 15.1 Å². The molecule has 2 N–H and O–H groups in total. The SMILES string of the molecule is Cc1nn(C)c(SC(C)CO)c1CNC(C)C. The molecule has 0 spiro atoms. The van der Waals surface area contributed by atoms with Gasteiger partial charge in [0.2, 0.25) is 0 Å². The molecule has 0 amide bonds. The summed E-state index contributed by atoms with van der Waals surface area (Å²) in [6, 6.07) is 0.461. The summed E-state index contributed by atoms with van der Waals surface area (Å²) >= 11 is 1.68. The normalized spacial score (nSPS) is 13.4. The number of aliphatic hydroxyl groups is 1. The van der Waals surface area contributed by atoms with Crippen molar-refractivity contribution in [2.75, 3.05) is 6.61 Å². The van der Waals surface area contributed by atoms with Crippen LogP contribution >= 0.6 is 11.8 Å². The molecule has 1 aromatic heterocycles. The van der Waals surface area contributed by atoms with Crippen LogP contribution in [0.5, 0.6) is 0 Å². The Balaban J connectivity index is 2.86. The average Bonchev–Trinajstić information content (AvgIpc) is 2.51. The molecule has 4 nitrogen and oxygen atoms in total. The van der Waals surface area contributed by atoms with E-state index in [0.717, 1.165) is 17.3 Å². The molecule has 0 aromatic carbocycles. The van der Waals surface area contributed by atoms with Crippen LogP contribution < -0.4 is 5.32 Å². The lowest BCUT2D eigenvalue weighted by atomic mass is 10.2. The second-order valence-electron chi connectivity index (χ2n) is 4.64. The smallest absolute Gasteiger partial charge is 0.0987 e. The summed E-state index contributed by atoms with van der Waals surface area (Å²) in [6.45, 7) is 9.34. The molecular weight excluding hydrogens is 234 g/mol. The molecule has 0 saturated heterocycles. The summed E-state index contributed by atoms with van der Waals surface area (Å²) < 4.78 is 1.91. The largest absolute Gasteiger partial charge is 0.395 e. The number of hydrogen-bond donors (Lipinski definition) is 2. The van der Waals surface area contributed by atoms with Crippen LogP contribution in [0.15, 0.2) is 5.03 Å². The first-order chi connectivity index (χ1) is 7.95. The van der Waals surface area contributed by atoms with Crippen LogP contribution in [0.25, 0.3) is 0 Å². The lowest BCUT2D eigenvalue weighted by Crippen LogP contribution is -2.22. The van der Waals surface area contributed by atoms with Gasteiger partial charge < -0.3 is 10.4 Å². The van der Waals surface area contributed by atoms with E-state index in [-0.39, 0.29) is 11.9 Å². The lowest BCUT2D eigenvalue weighted by Gasteiger charge is -2.12. The van der Waals surface area contributed by atoms with Gasteiger partial charge in [0.1, 0.15) is 0 Å². The number of aryl methyl sites for hydroxylation is 2. The minimum absolute atomic E-state index is 0.186.